The van der Waals surface area contributed by atoms with Crippen LogP contribution in [0.1, 0.15) is 42.5 Å². The summed E-state index contributed by atoms with van der Waals surface area (Å²) < 4.78 is 0. The Morgan fingerprint density at radius 3 is 0.750 bits per heavy atom. The smallest absolute Gasteiger partial charge is 0.550 e. The summed E-state index contributed by atoms with van der Waals surface area (Å²) in [4.78, 5) is 208. The number of phenols is 1. The molecular weight excluding hydrogens is 1470 g/mol. The van der Waals surface area contributed by atoms with Crippen LogP contribution in [0.15, 0.2) is 36.4 Å². The number of hydrogen-bond donors (Lipinski definition) is 19. The van der Waals surface area contributed by atoms with Crippen molar-refractivity contribution in [2.24, 2.45) is 0 Å². The number of aromatic carboxylic acids is 1. The molecule has 3 atom stereocenters. The third-order valence-corrected chi connectivity index (χ3v) is 7.67. The molecule has 0 aromatic heterocycles. The summed E-state index contributed by atoms with van der Waals surface area (Å²) in [7, 11) is 0. The third kappa shape index (κ3) is 92.4. The van der Waals surface area contributed by atoms with Crippen LogP contribution in [-0.2, 0) is 95.9 Å². The standard InChI is InChI=1S/C10H16N2O8.C7H6O3.2C6H8O7.C4H6O6.C4H4O4.C3H4O4.2C2H2O4.7Na/c13-7(14)3-11(4-8(15)16)1-2-12(5-9(17)18)6-10(19)20;8-6-4-2-1-3-5(6)7(9)10;2*7-3(8)1-6(13,5(11)12)2-4(9)10;5-1(3(7)8)2(6)4(9)10;5-3(6)1-2-4(7)8;4-2(5)1-3(6)7;2*3-1(4)2(5)6;;;;;;;/h1-6H2,(H,13,14)(H,15,16)(H,17,18)(H,19,20);1-4,8H,(H,9,10);2*13H,1-2H2,(H,7,8)(H,9,10)(H,11,12);1-2,5-6H,(H,7,8)(H,9,10);1-2H,(H,5,6)(H,7,8);1H2,(H,4,5)(H,6,7);2*(H,3,4)(H,5,6);;;;;;;/q;;;;;;;;;7*+1/p-7. The second-order valence-electron chi connectivity index (χ2n) is 15.4. The van der Waals surface area contributed by atoms with Crippen LogP contribution in [0.4, 0.5) is 0 Å². The van der Waals surface area contributed by atoms with Crippen molar-refractivity contribution in [2.45, 2.75) is 55.5 Å². The number of aliphatic carboxylic acids is 20. The van der Waals surface area contributed by atoms with Crippen molar-refractivity contribution in [3.8, 4) is 5.75 Å². The fraction of sp³-hybridized carbons (Fsp3) is 0.341. The fourth-order valence-corrected chi connectivity index (χ4v) is 4.05. The van der Waals surface area contributed by atoms with E-state index in [2.05, 4.69) is 0 Å². The maximum atomic E-state index is 10.4. The van der Waals surface area contributed by atoms with E-state index in [1.165, 1.54) is 12.1 Å². The van der Waals surface area contributed by atoms with E-state index in [1.54, 1.807) is 12.1 Å². The van der Waals surface area contributed by atoms with Gasteiger partial charge in [0.25, 0.3) is 0 Å². The molecule has 0 bridgehead atoms. The number of hydrogen-bond acceptors (Lipinski definition) is 35. The number of carbonyl (C=O) groups excluding carboxylic acids is 7. The van der Waals surface area contributed by atoms with Crippen LogP contribution >= 0.6 is 0 Å². The van der Waals surface area contributed by atoms with Crippen molar-refractivity contribution in [2.75, 3.05) is 39.3 Å². The maximum absolute atomic E-state index is 10.4. The van der Waals surface area contributed by atoms with Gasteiger partial charge in [0, 0.05) is 63.8 Å². The van der Waals surface area contributed by atoms with Gasteiger partial charge in [0.05, 0.1) is 55.1 Å². The van der Waals surface area contributed by atoms with Crippen molar-refractivity contribution in [1.82, 2.24) is 9.80 Å². The SMILES string of the molecule is O=C(O)C(=O)O.O=C(O)C(O)C(O)C(=O)O.O=C(O)C=CC(=O)O.O=C(O)CC(=O)O.O=C(O)CC(O)(CC(=O)O)C(=O)O.O=C(O)c1ccccc1O.O=C([O-])C(=O)[O-].O=C([O-])CC(O)(CC(=O)O)C(=O)O.O=C([O-])CN(CCN(CC(=O)[O-])CC(=O)[O-])CC(=O)[O-].[Na+].[Na+].[Na+].[Na+].[Na+].[Na+].[Na+]. The average molecular weight is 1520 g/mol. The molecule has 3 unspecified atom stereocenters. The molecule has 19 N–H and O–H groups in total. The molecule has 0 heterocycles. The van der Waals surface area contributed by atoms with E-state index in [1.807, 2.05) is 0 Å². The summed E-state index contributed by atoms with van der Waals surface area (Å²) in [6, 6.07) is 5.81. The summed E-state index contributed by atoms with van der Waals surface area (Å²) in [5.41, 5.74) is -5.61. The molecule has 0 saturated carbocycles. The number of aliphatic hydroxyl groups is 4. The van der Waals surface area contributed by atoms with Gasteiger partial charge in [-0.05, 0) is 12.1 Å². The molecule has 0 spiro atoms. The zero-order valence-corrected chi connectivity index (χ0v) is 66.7. The van der Waals surface area contributed by atoms with Gasteiger partial charge in [-0.15, -0.1) is 0 Å². The predicted octanol–water partition coefficient (Wildman–Crippen LogP) is -38.3. The molecule has 100 heavy (non-hydrogen) atoms. The number of carboxylic acids is 21. The van der Waals surface area contributed by atoms with Crippen LogP contribution in [0.25, 0.3) is 0 Å². The van der Waals surface area contributed by atoms with E-state index in [0.29, 0.717) is 12.2 Å². The number of aliphatic hydroxyl groups excluding tert-OH is 2. The number of rotatable bonds is 29. The van der Waals surface area contributed by atoms with Gasteiger partial charge in [-0.1, -0.05) is 12.1 Å². The summed E-state index contributed by atoms with van der Waals surface area (Å²) in [6.07, 6.45) is -8.95. The van der Waals surface area contributed by atoms with Gasteiger partial charge in [0.1, 0.15) is 17.7 Å². The molecule has 0 aliphatic rings. The Kier molecular flexibility index (Phi) is 95.5. The summed E-state index contributed by atoms with van der Waals surface area (Å²) in [5, 5.41) is 224. The van der Waals surface area contributed by atoms with Crippen molar-refractivity contribution in [3.05, 3.63) is 42.0 Å². The van der Waals surface area contributed by atoms with E-state index in [4.69, 9.17) is 126 Å². The minimum Gasteiger partial charge on any atom is -0.550 e. The van der Waals surface area contributed by atoms with Gasteiger partial charge in [0.2, 0.25) is 0 Å². The van der Waals surface area contributed by atoms with Crippen molar-refractivity contribution >= 4 is 125 Å². The number of benzene rings is 1. The minimum atomic E-state index is -2.80. The number of carbonyl (C=O) groups is 21. The van der Waals surface area contributed by atoms with Crippen molar-refractivity contribution in [1.29, 1.82) is 0 Å². The summed E-state index contributed by atoms with van der Waals surface area (Å²) in [6.45, 7) is -3.25. The third-order valence-electron chi connectivity index (χ3n) is 7.67. The molecule has 0 radical (unpaired) electrons. The molecular formula is C44H49N2Na7O47. The first-order chi connectivity index (χ1) is 42.0. The van der Waals surface area contributed by atoms with Crippen LogP contribution < -0.4 is 243 Å². The Bertz CT molecular complexity index is 2620. The molecule has 0 fully saturated rings. The van der Waals surface area contributed by atoms with Gasteiger partial charge in [-0.2, -0.15) is 0 Å². The Morgan fingerprint density at radius 2 is 0.620 bits per heavy atom. The second-order valence-corrected chi connectivity index (χ2v) is 15.4. The van der Waals surface area contributed by atoms with Gasteiger partial charge >= 0.3 is 290 Å². The second kappa shape index (κ2) is 73.2. The Labute approximate surface area is 709 Å². The zero-order valence-electron chi connectivity index (χ0n) is 52.7. The molecule has 0 aliphatic carbocycles. The van der Waals surface area contributed by atoms with E-state index < -0.39 is 207 Å². The van der Waals surface area contributed by atoms with Crippen molar-refractivity contribution < 1.29 is 440 Å². The van der Waals surface area contributed by atoms with Crippen molar-refractivity contribution in [3.63, 3.8) is 0 Å². The van der Waals surface area contributed by atoms with Gasteiger partial charge in [-0.3, -0.25) is 33.8 Å². The van der Waals surface area contributed by atoms with E-state index in [-0.39, 0.29) is 231 Å². The fourth-order valence-electron chi connectivity index (χ4n) is 4.05. The minimum absolute atomic E-state index is 0. The maximum Gasteiger partial charge on any atom is 1.00 e. The van der Waals surface area contributed by atoms with E-state index >= 15 is 0 Å². The van der Waals surface area contributed by atoms with Crippen LogP contribution in [0.2, 0.25) is 0 Å². The largest absolute Gasteiger partial charge is 1.00 e. The molecule has 49 nitrogen and oxygen atoms in total. The number of carboxylic acid groups (broad SMARTS) is 21. The Balaban J connectivity index is -0.0000000635. The Hall–Kier alpha value is -5.61. The van der Waals surface area contributed by atoms with Gasteiger partial charge in [0.15, 0.2) is 23.4 Å². The zero-order chi connectivity index (χ0) is 75.6. The molecule has 56 heteroatoms. The molecule has 1 rings (SSSR count). The molecule has 1 aromatic rings. The van der Waals surface area contributed by atoms with Crippen LogP contribution in [0.3, 0.4) is 0 Å². The first kappa shape index (κ1) is 131. The van der Waals surface area contributed by atoms with Gasteiger partial charge in [-0.25, -0.2) is 43.2 Å². The van der Waals surface area contributed by atoms with Crippen LogP contribution in [0, 0.1) is 0 Å². The molecule has 0 amide bonds. The van der Waals surface area contributed by atoms with E-state index in [9.17, 15) is 107 Å². The molecule has 524 valence electrons. The molecule has 1 aromatic carbocycles. The first-order valence-corrected chi connectivity index (χ1v) is 22.3. The van der Waals surface area contributed by atoms with Crippen LogP contribution in [-0.4, -0.2) is 295 Å². The topological polar surface area (TPSA) is 911 Å². The monoisotopic (exact) mass is 1520 g/mol. The summed E-state index contributed by atoms with van der Waals surface area (Å²) >= 11 is 0. The molecule has 0 saturated heterocycles. The predicted molar refractivity (Wildman–Crippen MR) is 256 cm³/mol. The van der Waals surface area contributed by atoms with Gasteiger partial charge < -0.3 is 166 Å². The number of nitrogens with zero attached hydrogens (tertiary/aromatic N) is 2. The average Bonchev–Trinajstić information content (AvgIpc) is 0.874. The quantitative estimate of drug-likeness (QED) is 0.0153. The normalized spacial score (nSPS) is 10.1. The first-order valence-electron chi connectivity index (χ1n) is 22.3. The Morgan fingerprint density at radius 1 is 0.380 bits per heavy atom. The van der Waals surface area contributed by atoms with E-state index in [0.717, 1.165) is 9.80 Å². The number of para-hydroxylation sites is 1. The summed E-state index contributed by atoms with van der Waals surface area (Å²) in [5.74, 6) is -34.5. The molecule has 0 aliphatic heterocycles. The number of aromatic hydroxyl groups is 1. The van der Waals surface area contributed by atoms with Crippen LogP contribution in [0.5, 0.6) is 5.75 Å².